The number of ketones is 2. The van der Waals surface area contributed by atoms with Crippen LogP contribution in [0, 0.1) is 22.2 Å². The molecule has 1 fully saturated rings. The number of carbonyl (C=O) groups excluding carboxylic acids is 2. The van der Waals surface area contributed by atoms with Gasteiger partial charge in [-0.15, -0.1) is 0 Å². The van der Waals surface area contributed by atoms with Crippen molar-refractivity contribution in [2.45, 2.75) is 72.1 Å². The van der Waals surface area contributed by atoms with Crippen LogP contribution in [0.3, 0.4) is 0 Å². The number of carbonyl (C=O) groups is 2. The highest BCUT2D eigenvalue weighted by Crippen LogP contribution is 2.70. The third-order valence-corrected chi connectivity index (χ3v) is 8.59. The minimum atomic E-state index is -0.192. The second kappa shape index (κ2) is 4.64. The number of Topliss-reactive ketones (excluding diaryl/α,β-unsaturated/α-hetero) is 1. The van der Waals surface area contributed by atoms with Crippen LogP contribution in [-0.2, 0) is 9.59 Å². The van der Waals surface area contributed by atoms with Gasteiger partial charge in [0.2, 0.25) is 0 Å². The Kier molecular flexibility index (Phi) is 2.93. The van der Waals surface area contributed by atoms with Crippen molar-refractivity contribution in [1.82, 2.24) is 0 Å². The summed E-state index contributed by atoms with van der Waals surface area (Å²) < 4.78 is 0. The maximum atomic E-state index is 13.1. The summed E-state index contributed by atoms with van der Waals surface area (Å²) >= 11 is 0. The predicted octanol–water partition coefficient (Wildman–Crippen LogP) is 5.10. The smallest absolute Gasteiger partial charge is 0.155 e. The van der Waals surface area contributed by atoms with Gasteiger partial charge in [0.15, 0.2) is 5.78 Å². The summed E-state index contributed by atoms with van der Waals surface area (Å²) in [5.74, 6) is 1.23. The molecule has 5 rings (SSSR count). The molecule has 0 heterocycles. The Morgan fingerprint density at radius 1 is 1.04 bits per heavy atom. The van der Waals surface area contributed by atoms with E-state index in [9.17, 15) is 9.59 Å². The van der Waals surface area contributed by atoms with Gasteiger partial charge in [-0.3, -0.25) is 9.59 Å². The van der Waals surface area contributed by atoms with E-state index >= 15 is 0 Å². The molecule has 4 atom stereocenters. The minimum Gasteiger partial charge on any atom is -0.299 e. The highest BCUT2D eigenvalue weighted by molar-refractivity contribution is 5.95. The number of hydrogen-bond donors (Lipinski definition) is 0. The van der Waals surface area contributed by atoms with Gasteiger partial charge in [0.05, 0.1) is 5.41 Å². The summed E-state index contributed by atoms with van der Waals surface area (Å²) in [4.78, 5) is 25.1. The Bertz CT molecular complexity index is 810. The molecule has 0 amide bonds. The average molecular weight is 336 g/mol. The van der Waals surface area contributed by atoms with Crippen LogP contribution in [0.15, 0.2) is 34.4 Å². The number of fused-ring (bicyclic) bond motifs is 3. The average Bonchev–Trinajstić information content (AvgIpc) is 3.01. The Labute approximate surface area is 150 Å². The summed E-state index contributed by atoms with van der Waals surface area (Å²) in [6.07, 6.45) is 11.9. The number of hydrogen-bond acceptors (Lipinski definition) is 2. The molecule has 2 nitrogen and oxygen atoms in total. The van der Waals surface area contributed by atoms with Gasteiger partial charge < -0.3 is 0 Å². The largest absolute Gasteiger partial charge is 0.299 e. The van der Waals surface area contributed by atoms with Crippen molar-refractivity contribution in [2.75, 3.05) is 0 Å². The van der Waals surface area contributed by atoms with Crippen LogP contribution in [0.1, 0.15) is 72.1 Å². The summed E-state index contributed by atoms with van der Waals surface area (Å²) in [5.41, 5.74) is 5.84. The van der Waals surface area contributed by atoms with Gasteiger partial charge in [0.25, 0.3) is 0 Å². The van der Waals surface area contributed by atoms with E-state index in [2.05, 4.69) is 26.8 Å². The van der Waals surface area contributed by atoms with E-state index in [1.165, 1.54) is 16.7 Å². The molecule has 0 aromatic rings. The molecular weight excluding hydrogens is 308 g/mol. The van der Waals surface area contributed by atoms with E-state index in [1.54, 1.807) is 5.57 Å². The molecule has 5 aliphatic rings. The van der Waals surface area contributed by atoms with Gasteiger partial charge in [0, 0.05) is 18.3 Å². The number of allylic oxidation sites excluding steroid dienone is 6. The SMILES string of the molecule is C[C@@H]1CC2=CC(=O)CCC2(C)C2=C1C1=CC[C@@]3(C)CCC(=O)[C@@]13CC2. The monoisotopic (exact) mass is 336 g/mol. The van der Waals surface area contributed by atoms with Crippen LogP contribution >= 0.6 is 0 Å². The van der Waals surface area contributed by atoms with Crippen molar-refractivity contribution < 1.29 is 9.59 Å². The first-order valence-corrected chi connectivity index (χ1v) is 10.0. The first-order chi connectivity index (χ1) is 11.8. The van der Waals surface area contributed by atoms with Gasteiger partial charge >= 0.3 is 0 Å². The van der Waals surface area contributed by atoms with Crippen molar-refractivity contribution in [1.29, 1.82) is 0 Å². The highest BCUT2D eigenvalue weighted by atomic mass is 16.1. The normalized spacial score (nSPS) is 45.5. The van der Waals surface area contributed by atoms with Crippen molar-refractivity contribution >= 4 is 11.6 Å². The molecule has 25 heavy (non-hydrogen) atoms. The molecule has 0 aromatic carbocycles. The lowest BCUT2D eigenvalue weighted by molar-refractivity contribution is -0.127. The quantitative estimate of drug-likeness (QED) is 0.617. The molecule has 1 unspecified atom stereocenters. The van der Waals surface area contributed by atoms with Gasteiger partial charge in [-0.1, -0.05) is 38.0 Å². The molecule has 0 saturated heterocycles. The van der Waals surface area contributed by atoms with Crippen LogP contribution in [0.25, 0.3) is 0 Å². The van der Waals surface area contributed by atoms with E-state index in [-0.39, 0.29) is 16.2 Å². The molecule has 2 heteroatoms. The van der Waals surface area contributed by atoms with E-state index in [0.717, 1.165) is 44.9 Å². The molecule has 1 saturated carbocycles. The second-order valence-electron chi connectivity index (χ2n) is 9.68. The standard InChI is InChI=1S/C23H28O2/c1-14-12-15-13-16(24)4-10-22(15,3)17-6-11-23-18(20(14)17)5-8-21(23,2)9-7-19(23)25/h5,13-14H,4,6-12H2,1-3H3/t14-,21+,22?,23-/m1/s1. The fourth-order valence-corrected chi connectivity index (χ4v) is 7.09. The molecule has 0 N–H and O–H groups in total. The minimum absolute atomic E-state index is 0.0544. The molecule has 132 valence electrons. The van der Waals surface area contributed by atoms with E-state index in [4.69, 9.17) is 0 Å². The van der Waals surface area contributed by atoms with Crippen LogP contribution in [0.4, 0.5) is 0 Å². The van der Waals surface area contributed by atoms with E-state index in [0.29, 0.717) is 23.9 Å². The van der Waals surface area contributed by atoms with Gasteiger partial charge in [0.1, 0.15) is 5.78 Å². The molecule has 0 aliphatic heterocycles. The van der Waals surface area contributed by atoms with Gasteiger partial charge in [-0.2, -0.15) is 0 Å². The van der Waals surface area contributed by atoms with Gasteiger partial charge in [-0.25, -0.2) is 0 Å². The highest BCUT2D eigenvalue weighted by Gasteiger charge is 2.64. The zero-order chi connectivity index (χ0) is 17.6. The predicted molar refractivity (Wildman–Crippen MR) is 98.0 cm³/mol. The van der Waals surface area contributed by atoms with E-state index in [1.807, 2.05) is 6.08 Å². The summed E-state index contributed by atoms with van der Waals surface area (Å²) in [6.45, 7) is 7.02. The molecule has 0 aromatic heterocycles. The van der Waals surface area contributed by atoms with Crippen molar-refractivity contribution in [3.8, 4) is 0 Å². The lowest BCUT2D eigenvalue weighted by atomic mass is 9.51. The van der Waals surface area contributed by atoms with Crippen LogP contribution in [0.2, 0.25) is 0 Å². The zero-order valence-corrected chi connectivity index (χ0v) is 15.7. The van der Waals surface area contributed by atoms with Gasteiger partial charge in [-0.05, 0) is 67.1 Å². The molecule has 0 bridgehead atoms. The number of rotatable bonds is 0. The summed E-state index contributed by atoms with van der Waals surface area (Å²) in [6, 6.07) is 0. The fraction of sp³-hybridized carbons (Fsp3) is 0.652. The Morgan fingerprint density at radius 3 is 2.64 bits per heavy atom. The topological polar surface area (TPSA) is 34.1 Å². The third kappa shape index (κ3) is 1.67. The van der Waals surface area contributed by atoms with Crippen molar-refractivity contribution in [3.63, 3.8) is 0 Å². The zero-order valence-electron chi connectivity index (χ0n) is 15.7. The molecule has 5 aliphatic carbocycles. The van der Waals surface area contributed by atoms with Crippen LogP contribution < -0.4 is 0 Å². The maximum absolute atomic E-state index is 13.1. The molecule has 1 spiro atoms. The summed E-state index contributed by atoms with van der Waals surface area (Å²) in [5, 5.41) is 0. The lowest BCUT2D eigenvalue weighted by Crippen LogP contribution is -2.45. The van der Waals surface area contributed by atoms with Crippen LogP contribution in [-0.4, -0.2) is 11.6 Å². The summed E-state index contributed by atoms with van der Waals surface area (Å²) in [7, 11) is 0. The van der Waals surface area contributed by atoms with Crippen LogP contribution in [0.5, 0.6) is 0 Å². The molecular formula is C23H28O2. The fourth-order valence-electron chi connectivity index (χ4n) is 7.09. The Morgan fingerprint density at radius 2 is 1.84 bits per heavy atom. The Balaban J connectivity index is 1.71. The van der Waals surface area contributed by atoms with Crippen molar-refractivity contribution in [2.24, 2.45) is 22.2 Å². The third-order valence-electron chi connectivity index (χ3n) is 8.59. The van der Waals surface area contributed by atoms with Crippen molar-refractivity contribution in [3.05, 3.63) is 34.4 Å². The first kappa shape index (κ1) is 15.8. The second-order valence-corrected chi connectivity index (χ2v) is 9.68. The van der Waals surface area contributed by atoms with E-state index < -0.39 is 0 Å². The molecule has 0 radical (unpaired) electrons. The first-order valence-electron chi connectivity index (χ1n) is 10.0. The Hall–Kier alpha value is -1.44. The maximum Gasteiger partial charge on any atom is 0.155 e. The lowest BCUT2D eigenvalue weighted by Gasteiger charge is -2.52.